The minimum atomic E-state index is -0.497. The SMILES string of the molecule is CCOC(=O)/C=C(\C=O)c1ccccc1. The van der Waals surface area contributed by atoms with E-state index in [1.54, 1.807) is 31.2 Å². The molecule has 0 aromatic heterocycles. The van der Waals surface area contributed by atoms with Gasteiger partial charge >= 0.3 is 5.97 Å². The molecule has 78 valence electrons. The Bertz CT molecular complexity index is 366. The van der Waals surface area contributed by atoms with Gasteiger partial charge in [0.25, 0.3) is 0 Å². The van der Waals surface area contributed by atoms with Crippen molar-refractivity contribution in [1.82, 2.24) is 0 Å². The average Bonchev–Trinajstić information content (AvgIpc) is 2.27. The van der Waals surface area contributed by atoms with E-state index in [1.807, 2.05) is 6.07 Å². The van der Waals surface area contributed by atoms with E-state index in [9.17, 15) is 9.59 Å². The van der Waals surface area contributed by atoms with Crippen LogP contribution < -0.4 is 0 Å². The number of carbonyl (C=O) groups is 2. The Balaban J connectivity index is 2.89. The zero-order chi connectivity index (χ0) is 11.1. The Morgan fingerprint density at radius 2 is 2.00 bits per heavy atom. The lowest BCUT2D eigenvalue weighted by atomic mass is 10.1. The maximum Gasteiger partial charge on any atom is 0.331 e. The van der Waals surface area contributed by atoms with Crippen LogP contribution in [0.2, 0.25) is 0 Å². The van der Waals surface area contributed by atoms with Crippen molar-refractivity contribution < 1.29 is 14.3 Å². The Morgan fingerprint density at radius 3 is 2.53 bits per heavy atom. The second-order valence-corrected chi connectivity index (χ2v) is 2.84. The molecule has 0 amide bonds. The van der Waals surface area contributed by atoms with Crippen molar-refractivity contribution in [1.29, 1.82) is 0 Å². The molecule has 0 saturated carbocycles. The highest BCUT2D eigenvalue weighted by Gasteiger charge is 2.03. The summed E-state index contributed by atoms with van der Waals surface area (Å²) in [5.41, 5.74) is 1.04. The molecular weight excluding hydrogens is 192 g/mol. The highest BCUT2D eigenvalue weighted by atomic mass is 16.5. The van der Waals surface area contributed by atoms with Crippen molar-refractivity contribution in [2.75, 3.05) is 6.61 Å². The molecule has 0 fully saturated rings. The summed E-state index contributed by atoms with van der Waals surface area (Å²) < 4.78 is 4.72. The summed E-state index contributed by atoms with van der Waals surface area (Å²) in [6.07, 6.45) is 1.85. The van der Waals surface area contributed by atoms with Crippen LogP contribution in [0.4, 0.5) is 0 Å². The Labute approximate surface area is 88.4 Å². The quantitative estimate of drug-likeness (QED) is 0.427. The Hall–Kier alpha value is -1.90. The van der Waals surface area contributed by atoms with E-state index in [0.29, 0.717) is 24.0 Å². The molecule has 3 nitrogen and oxygen atoms in total. The number of hydrogen-bond donors (Lipinski definition) is 0. The van der Waals surface area contributed by atoms with Gasteiger partial charge in [0.2, 0.25) is 0 Å². The van der Waals surface area contributed by atoms with Crippen LogP contribution >= 0.6 is 0 Å². The van der Waals surface area contributed by atoms with Crippen LogP contribution in [0.25, 0.3) is 5.57 Å². The van der Waals surface area contributed by atoms with Crippen LogP contribution in [-0.2, 0) is 14.3 Å². The fraction of sp³-hybridized carbons (Fsp3) is 0.167. The van der Waals surface area contributed by atoms with Crippen molar-refractivity contribution >= 4 is 17.8 Å². The van der Waals surface area contributed by atoms with Gasteiger partial charge in [-0.25, -0.2) is 4.79 Å². The summed E-state index contributed by atoms with van der Waals surface area (Å²) in [4.78, 5) is 21.9. The van der Waals surface area contributed by atoms with Crippen LogP contribution in [0.15, 0.2) is 36.4 Å². The Morgan fingerprint density at radius 1 is 1.33 bits per heavy atom. The van der Waals surface area contributed by atoms with Crippen molar-refractivity contribution in [3.8, 4) is 0 Å². The maximum atomic E-state index is 11.1. The van der Waals surface area contributed by atoms with E-state index < -0.39 is 5.97 Å². The summed E-state index contributed by atoms with van der Waals surface area (Å²) >= 11 is 0. The van der Waals surface area contributed by atoms with Gasteiger partial charge in [-0.3, -0.25) is 4.79 Å². The smallest absolute Gasteiger partial charge is 0.331 e. The number of benzene rings is 1. The predicted molar refractivity (Wildman–Crippen MR) is 57.1 cm³/mol. The first-order valence-electron chi connectivity index (χ1n) is 4.67. The van der Waals surface area contributed by atoms with E-state index >= 15 is 0 Å². The van der Waals surface area contributed by atoms with Gasteiger partial charge in [-0.05, 0) is 12.5 Å². The molecule has 0 N–H and O–H groups in total. The minimum absolute atomic E-state index is 0.302. The van der Waals surface area contributed by atoms with Crippen LogP contribution in [0, 0.1) is 0 Å². The van der Waals surface area contributed by atoms with Crippen LogP contribution in [0.3, 0.4) is 0 Å². The number of ether oxygens (including phenoxy) is 1. The van der Waals surface area contributed by atoms with Crippen LogP contribution in [-0.4, -0.2) is 18.9 Å². The standard InChI is InChI=1S/C12H12O3/c1-2-15-12(14)8-11(9-13)10-6-4-3-5-7-10/h3-9H,2H2,1H3/b11-8+. The fourth-order valence-electron chi connectivity index (χ4n) is 1.13. The minimum Gasteiger partial charge on any atom is -0.463 e. The zero-order valence-corrected chi connectivity index (χ0v) is 8.47. The molecule has 0 saturated heterocycles. The zero-order valence-electron chi connectivity index (χ0n) is 8.47. The summed E-state index contributed by atoms with van der Waals surface area (Å²) in [6.45, 7) is 2.02. The number of esters is 1. The second-order valence-electron chi connectivity index (χ2n) is 2.84. The molecule has 1 aromatic carbocycles. The van der Waals surface area contributed by atoms with E-state index in [0.717, 1.165) is 0 Å². The summed E-state index contributed by atoms with van der Waals surface area (Å²) in [5.74, 6) is -0.497. The molecule has 0 bridgehead atoms. The number of hydrogen-bond acceptors (Lipinski definition) is 3. The molecule has 0 spiro atoms. The third-order valence-corrected chi connectivity index (χ3v) is 1.79. The molecule has 0 heterocycles. The van der Waals surface area contributed by atoms with E-state index in [1.165, 1.54) is 6.08 Å². The summed E-state index contributed by atoms with van der Waals surface area (Å²) in [6, 6.07) is 8.98. The maximum absolute atomic E-state index is 11.1. The van der Waals surface area contributed by atoms with Gasteiger partial charge < -0.3 is 4.74 Å². The lowest BCUT2D eigenvalue weighted by molar-refractivity contribution is -0.137. The molecule has 1 aromatic rings. The van der Waals surface area contributed by atoms with Gasteiger partial charge in [0, 0.05) is 11.6 Å². The number of carbonyl (C=O) groups excluding carboxylic acids is 2. The third-order valence-electron chi connectivity index (χ3n) is 1.79. The molecule has 3 heteroatoms. The largest absolute Gasteiger partial charge is 0.463 e. The number of allylic oxidation sites excluding steroid dienone is 1. The number of aldehydes is 1. The average molecular weight is 204 g/mol. The van der Waals surface area contributed by atoms with Gasteiger partial charge in [0.05, 0.1) is 6.61 Å². The lowest BCUT2D eigenvalue weighted by Crippen LogP contribution is -2.01. The first-order chi connectivity index (χ1) is 7.27. The number of rotatable bonds is 4. The topological polar surface area (TPSA) is 43.4 Å². The fourth-order valence-corrected chi connectivity index (χ4v) is 1.13. The van der Waals surface area contributed by atoms with Crippen LogP contribution in [0.5, 0.6) is 0 Å². The molecule has 0 atom stereocenters. The normalized spacial score (nSPS) is 10.9. The van der Waals surface area contributed by atoms with Crippen molar-refractivity contribution in [3.63, 3.8) is 0 Å². The lowest BCUT2D eigenvalue weighted by Gasteiger charge is -2.00. The highest BCUT2D eigenvalue weighted by molar-refractivity contribution is 6.12. The van der Waals surface area contributed by atoms with E-state index in [-0.39, 0.29) is 0 Å². The van der Waals surface area contributed by atoms with Gasteiger partial charge in [-0.2, -0.15) is 0 Å². The van der Waals surface area contributed by atoms with E-state index in [4.69, 9.17) is 4.74 Å². The van der Waals surface area contributed by atoms with Gasteiger partial charge in [0.15, 0.2) is 6.29 Å². The van der Waals surface area contributed by atoms with Gasteiger partial charge in [0.1, 0.15) is 0 Å². The van der Waals surface area contributed by atoms with Crippen molar-refractivity contribution in [2.24, 2.45) is 0 Å². The van der Waals surface area contributed by atoms with Crippen LogP contribution in [0.1, 0.15) is 12.5 Å². The highest BCUT2D eigenvalue weighted by Crippen LogP contribution is 2.11. The first kappa shape index (κ1) is 11.2. The molecule has 0 unspecified atom stereocenters. The molecule has 0 aliphatic heterocycles. The molecule has 0 aliphatic carbocycles. The second kappa shape index (κ2) is 5.75. The van der Waals surface area contributed by atoms with E-state index in [2.05, 4.69) is 0 Å². The summed E-state index contributed by atoms with van der Waals surface area (Å²) in [5, 5.41) is 0. The van der Waals surface area contributed by atoms with Crippen molar-refractivity contribution in [3.05, 3.63) is 42.0 Å². The molecule has 1 rings (SSSR count). The van der Waals surface area contributed by atoms with Crippen molar-refractivity contribution in [2.45, 2.75) is 6.92 Å². The molecule has 15 heavy (non-hydrogen) atoms. The molecule has 0 radical (unpaired) electrons. The predicted octanol–water partition coefficient (Wildman–Crippen LogP) is 1.83. The third kappa shape index (κ3) is 3.38. The first-order valence-corrected chi connectivity index (χ1v) is 4.67. The Kier molecular flexibility index (Phi) is 4.29. The molecular formula is C12H12O3. The monoisotopic (exact) mass is 204 g/mol. The van der Waals surface area contributed by atoms with Gasteiger partial charge in [-0.15, -0.1) is 0 Å². The van der Waals surface area contributed by atoms with Gasteiger partial charge in [-0.1, -0.05) is 30.3 Å². The summed E-state index contributed by atoms with van der Waals surface area (Å²) in [7, 11) is 0. The molecule has 0 aliphatic rings.